The van der Waals surface area contributed by atoms with Gasteiger partial charge in [0.15, 0.2) is 5.82 Å². The van der Waals surface area contributed by atoms with Gasteiger partial charge in [-0.1, -0.05) is 16.8 Å². The third-order valence-electron chi connectivity index (χ3n) is 2.32. The van der Waals surface area contributed by atoms with Crippen molar-refractivity contribution < 1.29 is 22.5 Å². The summed E-state index contributed by atoms with van der Waals surface area (Å²) < 4.78 is 40.9. The van der Waals surface area contributed by atoms with Gasteiger partial charge < -0.3 is 4.52 Å². The van der Waals surface area contributed by atoms with E-state index in [0.29, 0.717) is 10.8 Å². The maximum Gasteiger partial charge on any atom is 0.450 e. The summed E-state index contributed by atoms with van der Waals surface area (Å²) in [5, 5.41) is 4.13. The first-order valence-corrected chi connectivity index (χ1v) is 7.01. The largest absolute Gasteiger partial charge is 0.450 e. The van der Waals surface area contributed by atoms with E-state index in [1.54, 1.807) is 24.3 Å². The van der Waals surface area contributed by atoms with Crippen LogP contribution in [0, 0.1) is 0 Å². The van der Waals surface area contributed by atoms with Gasteiger partial charge >= 0.3 is 6.18 Å². The molecule has 9 heteroatoms. The minimum atomic E-state index is -4.90. The lowest BCUT2D eigenvalue weighted by Gasteiger charge is -2.00. The van der Waals surface area contributed by atoms with Crippen LogP contribution < -0.4 is 0 Å². The summed E-state index contributed by atoms with van der Waals surface area (Å²) >= 11 is 7.11. The fraction of sp³-hybridized carbons (Fsp3) is 0.250. The second-order valence-electron chi connectivity index (χ2n) is 3.94. The average molecular weight is 337 g/mol. The van der Waals surface area contributed by atoms with Crippen molar-refractivity contribution in [2.75, 3.05) is 0 Å². The van der Waals surface area contributed by atoms with E-state index in [-0.39, 0.29) is 11.7 Å². The normalized spacial score (nSPS) is 11.6. The summed E-state index contributed by atoms with van der Waals surface area (Å²) in [6.45, 7) is 0. The van der Waals surface area contributed by atoms with E-state index in [9.17, 15) is 18.0 Å². The Balaban J connectivity index is 1.91. The Morgan fingerprint density at radius 1 is 1.29 bits per heavy atom. The van der Waals surface area contributed by atoms with Crippen molar-refractivity contribution in [3.8, 4) is 0 Å². The molecular weight excluding hydrogens is 329 g/mol. The van der Waals surface area contributed by atoms with Gasteiger partial charge in [-0.15, -0.1) is 11.8 Å². The fourth-order valence-corrected chi connectivity index (χ4v) is 2.20. The molecule has 4 nitrogen and oxygen atoms in total. The molecule has 0 amide bonds. The molecule has 2 aromatic rings. The number of ketones is 1. The highest BCUT2D eigenvalue weighted by atomic mass is 35.5. The Kier molecular flexibility index (Phi) is 4.89. The second kappa shape index (κ2) is 6.48. The highest BCUT2D eigenvalue weighted by Crippen LogP contribution is 2.23. The van der Waals surface area contributed by atoms with E-state index in [0.717, 1.165) is 4.90 Å². The summed E-state index contributed by atoms with van der Waals surface area (Å²) in [7, 11) is 0. The number of Topliss-reactive ketones (excluding diaryl/α,β-unsaturated/α-hetero) is 1. The number of aromatic nitrogens is 2. The number of nitrogens with zero attached hydrogens (tertiary/aromatic N) is 2. The summed E-state index contributed by atoms with van der Waals surface area (Å²) in [4.78, 5) is 15.4. The molecule has 0 radical (unpaired) electrons. The van der Waals surface area contributed by atoms with Crippen molar-refractivity contribution in [1.82, 2.24) is 10.1 Å². The van der Waals surface area contributed by atoms with Crippen LogP contribution in [0.25, 0.3) is 0 Å². The van der Waals surface area contributed by atoms with E-state index >= 15 is 0 Å². The van der Waals surface area contributed by atoms with Gasteiger partial charge in [0.05, 0.1) is 12.2 Å². The number of hydrogen-bond donors (Lipinski definition) is 0. The molecule has 1 aromatic heterocycles. The Morgan fingerprint density at radius 3 is 2.57 bits per heavy atom. The predicted molar refractivity (Wildman–Crippen MR) is 70.1 cm³/mol. The van der Waals surface area contributed by atoms with Crippen LogP contribution in [0.2, 0.25) is 5.02 Å². The van der Waals surface area contributed by atoms with E-state index < -0.39 is 18.4 Å². The van der Waals surface area contributed by atoms with Crippen molar-refractivity contribution in [2.24, 2.45) is 0 Å². The molecule has 0 aliphatic heterocycles. The maximum absolute atomic E-state index is 12.1. The zero-order valence-corrected chi connectivity index (χ0v) is 11.9. The average Bonchev–Trinajstić information content (AvgIpc) is 2.85. The Bertz CT molecular complexity index is 628. The number of carbonyl (C=O) groups is 1. The number of halogens is 4. The third-order valence-corrected chi connectivity index (χ3v) is 3.58. The first-order valence-electron chi connectivity index (χ1n) is 5.64. The molecule has 2 rings (SSSR count). The number of alkyl halides is 3. The van der Waals surface area contributed by atoms with E-state index in [4.69, 9.17) is 11.6 Å². The van der Waals surface area contributed by atoms with Crippen LogP contribution in [0.4, 0.5) is 13.2 Å². The topological polar surface area (TPSA) is 56.0 Å². The molecule has 0 aliphatic rings. The predicted octanol–water partition coefficient (Wildman–Crippen LogP) is 3.69. The molecule has 0 unspecified atom stereocenters. The molecule has 0 spiro atoms. The van der Waals surface area contributed by atoms with Crippen molar-refractivity contribution in [2.45, 2.75) is 23.2 Å². The van der Waals surface area contributed by atoms with Crippen LogP contribution >= 0.6 is 23.4 Å². The zero-order chi connectivity index (χ0) is 15.5. The van der Waals surface area contributed by atoms with E-state index in [2.05, 4.69) is 14.7 Å². The quantitative estimate of drug-likeness (QED) is 0.779. The van der Waals surface area contributed by atoms with Crippen LogP contribution in [0.3, 0.4) is 0 Å². The number of carbonyl (C=O) groups excluding carboxylic acids is 1. The first-order chi connectivity index (χ1) is 9.84. The Labute approximate surface area is 126 Å². The van der Waals surface area contributed by atoms with Crippen molar-refractivity contribution in [1.29, 1.82) is 0 Å². The molecule has 0 fully saturated rings. The van der Waals surface area contributed by atoms with Crippen molar-refractivity contribution in [3.05, 3.63) is 41.0 Å². The van der Waals surface area contributed by atoms with Crippen molar-refractivity contribution >= 4 is 29.1 Å². The molecule has 0 bridgehead atoms. The van der Waals surface area contributed by atoms with Gasteiger partial charge in [-0.25, -0.2) is 0 Å². The van der Waals surface area contributed by atoms with Crippen LogP contribution in [0.5, 0.6) is 0 Å². The standard InChI is InChI=1S/C12H8ClF3N2O2S/c13-7-1-3-8(4-2-7)21-6-10-17-11(20-18-10)5-9(19)12(14,15)16/h1-4H,5-6H2. The number of thioether (sulfide) groups is 1. The van der Waals surface area contributed by atoms with Gasteiger partial charge in [-0.2, -0.15) is 18.2 Å². The van der Waals surface area contributed by atoms with Gasteiger partial charge in [0, 0.05) is 9.92 Å². The molecular formula is C12H8ClF3N2O2S. The molecule has 0 N–H and O–H groups in total. The lowest BCUT2D eigenvalue weighted by Crippen LogP contribution is -2.24. The summed E-state index contributed by atoms with van der Waals surface area (Å²) in [5.41, 5.74) is 0. The molecule has 0 atom stereocenters. The van der Waals surface area contributed by atoms with Crippen LogP contribution in [0.15, 0.2) is 33.7 Å². The molecule has 0 saturated heterocycles. The van der Waals surface area contributed by atoms with Gasteiger partial charge in [-0.3, -0.25) is 4.79 Å². The number of hydrogen-bond acceptors (Lipinski definition) is 5. The maximum atomic E-state index is 12.1. The lowest BCUT2D eigenvalue weighted by atomic mass is 10.3. The first kappa shape index (κ1) is 15.8. The lowest BCUT2D eigenvalue weighted by molar-refractivity contribution is -0.170. The molecule has 1 heterocycles. The van der Waals surface area contributed by atoms with Gasteiger partial charge in [0.2, 0.25) is 11.7 Å². The second-order valence-corrected chi connectivity index (χ2v) is 5.43. The Morgan fingerprint density at radius 2 is 1.95 bits per heavy atom. The van der Waals surface area contributed by atoms with Crippen LogP contribution in [0.1, 0.15) is 11.7 Å². The highest BCUT2D eigenvalue weighted by molar-refractivity contribution is 7.98. The zero-order valence-electron chi connectivity index (χ0n) is 10.4. The van der Waals surface area contributed by atoms with Crippen LogP contribution in [-0.2, 0) is 17.0 Å². The molecule has 0 saturated carbocycles. The Hall–Kier alpha value is -1.54. The number of benzene rings is 1. The van der Waals surface area contributed by atoms with E-state index in [1.807, 2.05) is 0 Å². The van der Waals surface area contributed by atoms with Gasteiger partial charge in [0.25, 0.3) is 0 Å². The third kappa shape index (κ3) is 4.75. The highest BCUT2D eigenvalue weighted by Gasteiger charge is 2.39. The summed E-state index contributed by atoms with van der Waals surface area (Å²) in [6, 6.07) is 7.02. The van der Waals surface area contributed by atoms with Gasteiger partial charge in [-0.05, 0) is 24.3 Å². The minimum Gasteiger partial charge on any atom is -0.339 e. The minimum absolute atomic E-state index is 0.222. The van der Waals surface area contributed by atoms with Crippen molar-refractivity contribution in [3.63, 3.8) is 0 Å². The molecule has 0 aliphatic carbocycles. The SMILES string of the molecule is O=C(Cc1nc(CSc2ccc(Cl)cc2)no1)C(F)(F)F. The monoisotopic (exact) mass is 336 g/mol. The molecule has 112 valence electrons. The summed E-state index contributed by atoms with van der Waals surface area (Å²) in [6.07, 6.45) is -5.84. The van der Waals surface area contributed by atoms with Crippen LogP contribution in [-0.4, -0.2) is 22.1 Å². The summed E-state index contributed by atoms with van der Waals surface area (Å²) in [5.74, 6) is -1.72. The van der Waals surface area contributed by atoms with Gasteiger partial charge in [0.1, 0.15) is 0 Å². The molecule has 1 aromatic carbocycles. The number of rotatable bonds is 5. The fourth-order valence-electron chi connectivity index (χ4n) is 1.34. The molecule has 21 heavy (non-hydrogen) atoms. The smallest absolute Gasteiger partial charge is 0.339 e. The van der Waals surface area contributed by atoms with E-state index in [1.165, 1.54) is 11.8 Å².